The number of carbonyl (C=O) groups is 1. The molecule has 0 saturated heterocycles. The van der Waals surface area contributed by atoms with Gasteiger partial charge in [0.05, 0.1) is 10.0 Å². The van der Waals surface area contributed by atoms with E-state index in [1.807, 2.05) is 0 Å². The van der Waals surface area contributed by atoms with Crippen LogP contribution in [0.1, 0.15) is 10.4 Å². The Balaban J connectivity index is 2.23. The molecule has 0 radical (unpaired) electrons. The molecule has 0 aliphatic heterocycles. The third kappa shape index (κ3) is 3.08. The quantitative estimate of drug-likeness (QED) is 0.883. The van der Waals surface area contributed by atoms with Gasteiger partial charge < -0.3 is 10.4 Å². The topological polar surface area (TPSA) is 49.3 Å². The molecule has 0 bridgehead atoms. The monoisotopic (exact) mass is 327 g/mol. The number of hydrogen-bond acceptors (Lipinski definition) is 2. The number of amides is 1. The number of phenols is 1. The predicted octanol–water partition coefficient (Wildman–Crippen LogP) is 3.69. The molecular weight excluding hydrogens is 320 g/mol. The average molecular weight is 328 g/mol. The number of halogens is 3. The van der Waals surface area contributed by atoms with Gasteiger partial charge in [-0.15, -0.1) is 0 Å². The summed E-state index contributed by atoms with van der Waals surface area (Å²) in [6, 6.07) is 7.19. The van der Waals surface area contributed by atoms with Crippen LogP contribution in [0, 0.1) is 11.6 Å². The molecule has 6 heteroatoms. The third-order valence-corrected chi connectivity index (χ3v) is 3.02. The average Bonchev–Trinajstić information content (AvgIpc) is 2.33. The van der Waals surface area contributed by atoms with E-state index >= 15 is 0 Å². The largest absolute Gasteiger partial charge is 0.508 e. The maximum Gasteiger partial charge on any atom is 0.258 e. The second-order valence-electron chi connectivity index (χ2n) is 3.75. The lowest BCUT2D eigenvalue weighted by atomic mass is 10.2. The zero-order valence-corrected chi connectivity index (χ0v) is 11.0. The van der Waals surface area contributed by atoms with Crippen LogP contribution >= 0.6 is 15.9 Å². The van der Waals surface area contributed by atoms with Gasteiger partial charge in [-0.1, -0.05) is 0 Å². The highest BCUT2D eigenvalue weighted by molar-refractivity contribution is 9.10. The smallest absolute Gasteiger partial charge is 0.258 e. The summed E-state index contributed by atoms with van der Waals surface area (Å²) in [5.74, 6) is -2.39. The van der Waals surface area contributed by atoms with Gasteiger partial charge in [0.2, 0.25) is 0 Å². The number of hydrogen-bond donors (Lipinski definition) is 2. The number of carbonyl (C=O) groups excluding carboxylic acids is 1. The van der Waals surface area contributed by atoms with Crippen molar-refractivity contribution in [3.8, 4) is 5.75 Å². The van der Waals surface area contributed by atoms with Crippen molar-refractivity contribution in [2.75, 3.05) is 5.32 Å². The Morgan fingerprint density at radius 3 is 2.47 bits per heavy atom. The Morgan fingerprint density at radius 1 is 1.11 bits per heavy atom. The lowest BCUT2D eigenvalue weighted by Gasteiger charge is -2.07. The van der Waals surface area contributed by atoms with Crippen LogP contribution < -0.4 is 5.32 Å². The Kier molecular flexibility index (Phi) is 3.80. The first-order valence-corrected chi connectivity index (χ1v) is 6.01. The molecule has 0 unspecified atom stereocenters. The number of rotatable bonds is 2. The molecule has 98 valence electrons. The summed E-state index contributed by atoms with van der Waals surface area (Å²) in [7, 11) is 0. The van der Waals surface area contributed by atoms with Gasteiger partial charge in [-0.2, -0.15) is 0 Å². The molecule has 19 heavy (non-hydrogen) atoms. The minimum atomic E-state index is -0.852. The molecule has 0 heterocycles. The van der Waals surface area contributed by atoms with Gasteiger partial charge in [0, 0.05) is 11.8 Å². The maximum absolute atomic E-state index is 13.4. The summed E-state index contributed by atoms with van der Waals surface area (Å²) in [5.41, 5.74) is -0.0284. The fourth-order valence-electron chi connectivity index (χ4n) is 1.46. The normalized spacial score (nSPS) is 10.3. The summed E-state index contributed by atoms with van der Waals surface area (Å²) < 4.78 is 27.0. The van der Waals surface area contributed by atoms with Crippen LogP contribution in [0.25, 0.3) is 0 Å². The number of anilines is 1. The van der Waals surface area contributed by atoms with E-state index in [-0.39, 0.29) is 21.5 Å². The van der Waals surface area contributed by atoms with E-state index in [4.69, 9.17) is 5.11 Å². The Morgan fingerprint density at radius 2 is 1.84 bits per heavy atom. The van der Waals surface area contributed by atoms with Crippen LogP contribution in [0.5, 0.6) is 5.75 Å². The van der Waals surface area contributed by atoms with Crippen molar-refractivity contribution in [3.05, 3.63) is 58.1 Å². The molecule has 1 amide bonds. The molecule has 3 nitrogen and oxygen atoms in total. The summed E-state index contributed by atoms with van der Waals surface area (Å²) in [6.07, 6.45) is 0. The van der Waals surface area contributed by atoms with Crippen LogP contribution in [0.2, 0.25) is 0 Å². The first-order valence-electron chi connectivity index (χ1n) is 5.22. The molecule has 0 saturated carbocycles. The molecule has 0 aromatic heterocycles. The zero-order valence-electron chi connectivity index (χ0n) is 9.45. The second kappa shape index (κ2) is 5.36. The summed E-state index contributed by atoms with van der Waals surface area (Å²) in [5, 5.41) is 11.4. The highest BCUT2D eigenvalue weighted by Crippen LogP contribution is 2.21. The Hall–Kier alpha value is -1.95. The van der Waals surface area contributed by atoms with Gasteiger partial charge in [-0.3, -0.25) is 4.79 Å². The zero-order chi connectivity index (χ0) is 14.0. The van der Waals surface area contributed by atoms with Gasteiger partial charge in [0.25, 0.3) is 5.91 Å². The second-order valence-corrected chi connectivity index (χ2v) is 4.60. The van der Waals surface area contributed by atoms with E-state index in [1.54, 1.807) is 0 Å². The van der Waals surface area contributed by atoms with Gasteiger partial charge in [0.1, 0.15) is 17.4 Å². The first-order chi connectivity index (χ1) is 8.97. The SMILES string of the molecule is O=C(Nc1ccc(Br)c(F)c1)c1ccc(O)cc1F. The van der Waals surface area contributed by atoms with E-state index in [0.717, 1.165) is 18.2 Å². The van der Waals surface area contributed by atoms with Crippen molar-refractivity contribution in [1.29, 1.82) is 0 Å². The molecule has 2 aromatic rings. The highest BCUT2D eigenvalue weighted by Gasteiger charge is 2.13. The van der Waals surface area contributed by atoms with E-state index in [2.05, 4.69) is 21.2 Å². The first kappa shape index (κ1) is 13.5. The van der Waals surface area contributed by atoms with E-state index in [1.165, 1.54) is 18.2 Å². The van der Waals surface area contributed by atoms with Crippen LogP contribution in [-0.4, -0.2) is 11.0 Å². The maximum atomic E-state index is 13.4. The summed E-state index contributed by atoms with van der Waals surface area (Å²) in [6.45, 7) is 0. The van der Waals surface area contributed by atoms with Crippen LogP contribution in [0.4, 0.5) is 14.5 Å². The molecule has 0 aliphatic carbocycles. The van der Waals surface area contributed by atoms with Gasteiger partial charge in [-0.25, -0.2) is 8.78 Å². The van der Waals surface area contributed by atoms with Gasteiger partial charge >= 0.3 is 0 Å². The van der Waals surface area contributed by atoms with Crippen molar-refractivity contribution in [2.45, 2.75) is 0 Å². The standard InChI is InChI=1S/C13H8BrF2NO2/c14-10-4-1-7(5-12(10)16)17-13(19)9-3-2-8(18)6-11(9)15/h1-6,18H,(H,17,19). The van der Waals surface area contributed by atoms with Crippen molar-refractivity contribution in [2.24, 2.45) is 0 Å². The molecule has 2 rings (SSSR count). The molecular formula is C13H8BrF2NO2. The molecule has 2 aromatic carbocycles. The number of nitrogens with one attached hydrogen (secondary N) is 1. The summed E-state index contributed by atoms with van der Waals surface area (Å²) in [4.78, 5) is 11.8. The van der Waals surface area contributed by atoms with E-state index < -0.39 is 17.5 Å². The lowest BCUT2D eigenvalue weighted by Crippen LogP contribution is -2.13. The minimum absolute atomic E-state index is 0.207. The summed E-state index contributed by atoms with van der Waals surface area (Å²) >= 11 is 2.98. The number of aromatic hydroxyl groups is 1. The van der Waals surface area contributed by atoms with E-state index in [9.17, 15) is 13.6 Å². The fraction of sp³-hybridized carbons (Fsp3) is 0. The van der Waals surface area contributed by atoms with Crippen LogP contribution in [0.3, 0.4) is 0 Å². The van der Waals surface area contributed by atoms with Crippen molar-refractivity contribution in [1.82, 2.24) is 0 Å². The molecule has 0 spiro atoms. The molecule has 0 fully saturated rings. The number of benzene rings is 2. The van der Waals surface area contributed by atoms with Crippen molar-refractivity contribution in [3.63, 3.8) is 0 Å². The molecule has 0 aliphatic rings. The van der Waals surface area contributed by atoms with Gasteiger partial charge in [0.15, 0.2) is 0 Å². The predicted molar refractivity (Wildman–Crippen MR) is 70.1 cm³/mol. The van der Waals surface area contributed by atoms with Crippen molar-refractivity contribution >= 4 is 27.5 Å². The highest BCUT2D eigenvalue weighted by atomic mass is 79.9. The van der Waals surface area contributed by atoms with Crippen LogP contribution in [0.15, 0.2) is 40.9 Å². The third-order valence-electron chi connectivity index (χ3n) is 2.37. The minimum Gasteiger partial charge on any atom is -0.508 e. The number of phenolic OH excluding ortho intramolecular Hbond substituents is 1. The van der Waals surface area contributed by atoms with Crippen molar-refractivity contribution < 1.29 is 18.7 Å². The van der Waals surface area contributed by atoms with Crippen LogP contribution in [-0.2, 0) is 0 Å². The molecule has 2 N–H and O–H groups in total. The Bertz CT molecular complexity index is 647. The Labute approximate surface area is 116 Å². The lowest BCUT2D eigenvalue weighted by molar-refractivity contribution is 0.102. The fourth-order valence-corrected chi connectivity index (χ4v) is 1.71. The molecule has 0 atom stereocenters. The van der Waals surface area contributed by atoms with Gasteiger partial charge in [-0.05, 0) is 46.3 Å². The van der Waals surface area contributed by atoms with E-state index in [0.29, 0.717) is 0 Å².